The molecule has 0 saturated heterocycles. The van der Waals surface area contributed by atoms with Gasteiger partial charge in [-0.2, -0.15) is 0 Å². The van der Waals surface area contributed by atoms with Crippen LogP contribution in [0.4, 0.5) is 0 Å². The van der Waals surface area contributed by atoms with E-state index in [1.807, 2.05) is 0 Å². The van der Waals surface area contributed by atoms with Crippen molar-refractivity contribution in [3.8, 4) is 5.75 Å². The van der Waals surface area contributed by atoms with Crippen LogP contribution in [-0.2, 0) is 13.7 Å². The first kappa shape index (κ1) is 12.4. The van der Waals surface area contributed by atoms with E-state index in [9.17, 15) is 4.79 Å². The van der Waals surface area contributed by atoms with Gasteiger partial charge in [0.1, 0.15) is 28.9 Å². The molecular weight excluding hydrogens is 256 g/mol. The zero-order chi connectivity index (χ0) is 13.1. The predicted octanol–water partition coefficient (Wildman–Crippen LogP) is 2.35. The van der Waals surface area contributed by atoms with E-state index in [4.69, 9.17) is 21.4 Å². The van der Waals surface area contributed by atoms with Crippen molar-refractivity contribution in [2.75, 3.05) is 0 Å². The number of nitrogens with zero attached hydrogens (tertiary/aromatic N) is 2. The first-order valence-electron chi connectivity index (χ1n) is 5.21. The average Bonchev–Trinajstić information content (AvgIpc) is 2.68. The minimum absolute atomic E-state index is 0.123. The summed E-state index contributed by atoms with van der Waals surface area (Å²) in [6.45, 7) is 0.160. The van der Waals surface area contributed by atoms with Gasteiger partial charge in [-0.15, -0.1) is 0 Å². The normalized spacial score (nSPS) is 10.3. The second-order valence-corrected chi connectivity index (χ2v) is 4.03. The number of carboxylic acid groups (broad SMARTS) is 1. The summed E-state index contributed by atoms with van der Waals surface area (Å²) in [6.07, 6.45) is 1.52. The third kappa shape index (κ3) is 2.46. The maximum absolute atomic E-state index is 11.0. The van der Waals surface area contributed by atoms with Gasteiger partial charge in [-0.3, -0.25) is 0 Å². The summed E-state index contributed by atoms with van der Waals surface area (Å²) in [5, 5.41) is 9.50. The molecule has 18 heavy (non-hydrogen) atoms. The van der Waals surface area contributed by atoms with E-state index in [1.165, 1.54) is 12.3 Å². The molecule has 0 aliphatic carbocycles. The molecule has 2 aromatic rings. The Morgan fingerprint density at radius 1 is 1.50 bits per heavy atom. The molecule has 1 N–H and O–H groups in total. The van der Waals surface area contributed by atoms with Crippen LogP contribution in [0.1, 0.15) is 16.2 Å². The molecule has 1 heterocycles. The SMILES string of the molecule is Cn1c(Cl)cnc1COc1ccccc1C(=O)O. The van der Waals surface area contributed by atoms with Crippen LogP contribution in [0.3, 0.4) is 0 Å². The number of imidazole rings is 1. The molecule has 6 heteroatoms. The molecule has 94 valence electrons. The Balaban J connectivity index is 2.16. The molecule has 0 aliphatic rings. The topological polar surface area (TPSA) is 64.4 Å². The minimum Gasteiger partial charge on any atom is -0.485 e. The number of rotatable bonds is 4. The highest BCUT2D eigenvalue weighted by Gasteiger charge is 2.11. The molecule has 1 aromatic carbocycles. The summed E-state index contributed by atoms with van der Waals surface area (Å²) in [7, 11) is 1.76. The van der Waals surface area contributed by atoms with Crippen molar-refractivity contribution < 1.29 is 14.6 Å². The Labute approximate surface area is 109 Å². The fraction of sp³-hybridized carbons (Fsp3) is 0.167. The molecular formula is C12H11ClN2O3. The first-order valence-corrected chi connectivity index (χ1v) is 5.58. The molecule has 0 radical (unpaired) electrons. The number of para-hydroxylation sites is 1. The third-order valence-electron chi connectivity index (χ3n) is 2.50. The predicted molar refractivity (Wildman–Crippen MR) is 66.0 cm³/mol. The van der Waals surface area contributed by atoms with Crippen LogP contribution in [0.25, 0.3) is 0 Å². The lowest BCUT2D eigenvalue weighted by Gasteiger charge is -2.08. The molecule has 0 aliphatic heterocycles. The molecule has 0 amide bonds. The average molecular weight is 267 g/mol. The quantitative estimate of drug-likeness (QED) is 0.923. The number of aromatic nitrogens is 2. The van der Waals surface area contributed by atoms with E-state index in [0.29, 0.717) is 16.7 Å². The van der Waals surface area contributed by atoms with Crippen LogP contribution in [0.15, 0.2) is 30.5 Å². The summed E-state index contributed by atoms with van der Waals surface area (Å²) in [5.74, 6) is -0.0900. The standard InChI is InChI=1S/C12H11ClN2O3/c1-15-10(13)6-14-11(15)7-18-9-5-3-2-4-8(9)12(16)17/h2-6H,7H2,1H3,(H,16,17). The summed E-state index contributed by atoms with van der Waals surface area (Å²) in [5.41, 5.74) is 0.123. The van der Waals surface area contributed by atoms with Crippen molar-refractivity contribution in [2.45, 2.75) is 6.61 Å². The van der Waals surface area contributed by atoms with Gasteiger partial charge in [0.05, 0.1) is 6.20 Å². The van der Waals surface area contributed by atoms with Crippen molar-refractivity contribution in [1.82, 2.24) is 9.55 Å². The molecule has 0 atom stereocenters. The van der Waals surface area contributed by atoms with Gasteiger partial charge in [-0.05, 0) is 12.1 Å². The Morgan fingerprint density at radius 3 is 2.83 bits per heavy atom. The summed E-state index contributed by atoms with van der Waals surface area (Å²) >= 11 is 5.84. The lowest BCUT2D eigenvalue weighted by atomic mass is 10.2. The zero-order valence-corrected chi connectivity index (χ0v) is 10.4. The molecule has 0 saturated carbocycles. The lowest BCUT2D eigenvalue weighted by Crippen LogP contribution is -2.06. The second kappa shape index (κ2) is 5.10. The molecule has 2 rings (SSSR count). The number of hydrogen-bond donors (Lipinski definition) is 1. The van der Waals surface area contributed by atoms with Gasteiger partial charge in [0.15, 0.2) is 0 Å². The van der Waals surface area contributed by atoms with Crippen molar-refractivity contribution in [3.63, 3.8) is 0 Å². The van der Waals surface area contributed by atoms with Gasteiger partial charge in [0, 0.05) is 7.05 Å². The zero-order valence-electron chi connectivity index (χ0n) is 9.63. The van der Waals surface area contributed by atoms with E-state index < -0.39 is 5.97 Å². The van der Waals surface area contributed by atoms with E-state index in [0.717, 1.165) is 0 Å². The Morgan fingerprint density at radius 2 is 2.22 bits per heavy atom. The van der Waals surface area contributed by atoms with Crippen LogP contribution < -0.4 is 4.74 Å². The van der Waals surface area contributed by atoms with Crippen LogP contribution in [0, 0.1) is 0 Å². The number of carboxylic acids is 1. The lowest BCUT2D eigenvalue weighted by molar-refractivity contribution is 0.0691. The highest BCUT2D eigenvalue weighted by molar-refractivity contribution is 6.29. The second-order valence-electron chi connectivity index (χ2n) is 3.65. The Bertz CT molecular complexity index is 580. The number of carbonyl (C=O) groups is 1. The molecule has 1 aromatic heterocycles. The highest BCUT2D eigenvalue weighted by atomic mass is 35.5. The van der Waals surface area contributed by atoms with Gasteiger partial charge in [-0.25, -0.2) is 9.78 Å². The minimum atomic E-state index is -1.02. The van der Waals surface area contributed by atoms with Crippen molar-refractivity contribution >= 4 is 17.6 Å². The first-order chi connectivity index (χ1) is 8.59. The van der Waals surface area contributed by atoms with Gasteiger partial charge in [0.25, 0.3) is 0 Å². The molecule has 5 nitrogen and oxygen atoms in total. The third-order valence-corrected chi connectivity index (χ3v) is 2.85. The van der Waals surface area contributed by atoms with Gasteiger partial charge < -0.3 is 14.4 Å². The fourth-order valence-corrected chi connectivity index (χ4v) is 1.62. The number of ether oxygens (including phenoxy) is 1. The number of hydrogen-bond acceptors (Lipinski definition) is 3. The van der Waals surface area contributed by atoms with E-state index in [2.05, 4.69) is 4.98 Å². The number of aromatic carboxylic acids is 1. The monoisotopic (exact) mass is 266 g/mol. The smallest absolute Gasteiger partial charge is 0.339 e. The number of halogens is 1. The molecule has 0 unspecified atom stereocenters. The molecule has 0 bridgehead atoms. The van der Waals surface area contributed by atoms with Gasteiger partial charge >= 0.3 is 5.97 Å². The van der Waals surface area contributed by atoms with Crippen LogP contribution >= 0.6 is 11.6 Å². The Hall–Kier alpha value is -2.01. The summed E-state index contributed by atoms with van der Waals surface area (Å²) in [6, 6.07) is 6.46. The maximum atomic E-state index is 11.0. The van der Waals surface area contributed by atoms with Crippen LogP contribution in [-0.4, -0.2) is 20.6 Å². The van der Waals surface area contributed by atoms with E-state index >= 15 is 0 Å². The van der Waals surface area contributed by atoms with Gasteiger partial charge in [0.2, 0.25) is 0 Å². The van der Waals surface area contributed by atoms with Crippen molar-refractivity contribution in [3.05, 3.63) is 47.0 Å². The maximum Gasteiger partial charge on any atom is 0.339 e. The highest BCUT2D eigenvalue weighted by Crippen LogP contribution is 2.19. The Kier molecular flexibility index (Phi) is 3.53. The molecule has 0 fully saturated rings. The van der Waals surface area contributed by atoms with Crippen LogP contribution in [0.5, 0.6) is 5.75 Å². The van der Waals surface area contributed by atoms with Crippen molar-refractivity contribution in [2.24, 2.45) is 7.05 Å². The van der Waals surface area contributed by atoms with Gasteiger partial charge in [-0.1, -0.05) is 23.7 Å². The molecule has 0 spiro atoms. The summed E-state index contributed by atoms with van der Waals surface area (Å²) < 4.78 is 7.13. The van der Waals surface area contributed by atoms with E-state index in [1.54, 1.807) is 29.8 Å². The van der Waals surface area contributed by atoms with Crippen LogP contribution in [0.2, 0.25) is 5.15 Å². The fourth-order valence-electron chi connectivity index (χ4n) is 1.47. The number of benzene rings is 1. The summed E-state index contributed by atoms with van der Waals surface area (Å²) in [4.78, 5) is 15.0. The van der Waals surface area contributed by atoms with Crippen molar-refractivity contribution in [1.29, 1.82) is 0 Å². The largest absolute Gasteiger partial charge is 0.485 e. The van der Waals surface area contributed by atoms with E-state index in [-0.39, 0.29) is 12.2 Å².